The maximum Gasteiger partial charge on any atom is 0.306 e. The fourth-order valence-electron chi connectivity index (χ4n) is 9.28. The van der Waals surface area contributed by atoms with Gasteiger partial charge < -0.3 is 14.2 Å². The highest BCUT2D eigenvalue weighted by atomic mass is 16.6. The number of hydrogen-bond acceptors (Lipinski definition) is 6. The van der Waals surface area contributed by atoms with Gasteiger partial charge in [-0.2, -0.15) is 0 Å². The Morgan fingerprint density at radius 1 is 0.300 bits per heavy atom. The highest BCUT2D eigenvalue weighted by molar-refractivity contribution is 5.71. The maximum absolute atomic E-state index is 12.9. The molecule has 0 rings (SSSR count). The van der Waals surface area contributed by atoms with Gasteiger partial charge in [0, 0.05) is 19.3 Å². The van der Waals surface area contributed by atoms with Crippen molar-refractivity contribution in [1.82, 2.24) is 0 Å². The number of hydrogen-bond donors (Lipinski definition) is 0. The van der Waals surface area contributed by atoms with Gasteiger partial charge in [0.15, 0.2) is 6.10 Å². The predicted molar refractivity (Wildman–Crippen MR) is 302 cm³/mol. The van der Waals surface area contributed by atoms with Gasteiger partial charge in [-0.15, -0.1) is 0 Å². The fraction of sp³-hybridized carbons (Fsp3) is 0.859. The Morgan fingerprint density at radius 2 is 0.557 bits per heavy atom. The monoisotopic (exact) mass is 983 g/mol. The summed E-state index contributed by atoms with van der Waals surface area (Å²) in [7, 11) is 0. The van der Waals surface area contributed by atoms with Crippen molar-refractivity contribution < 1.29 is 28.6 Å². The van der Waals surface area contributed by atoms with E-state index in [2.05, 4.69) is 57.2 Å². The molecule has 0 aliphatic heterocycles. The van der Waals surface area contributed by atoms with Crippen molar-refractivity contribution >= 4 is 17.9 Å². The molecule has 0 saturated carbocycles. The van der Waals surface area contributed by atoms with Crippen molar-refractivity contribution in [3.05, 3.63) is 36.5 Å². The van der Waals surface area contributed by atoms with Gasteiger partial charge in [0.25, 0.3) is 0 Å². The average Bonchev–Trinajstić information content (AvgIpc) is 3.36. The molecule has 0 saturated heterocycles. The molecule has 6 nitrogen and oxygen atoms in total. The van der Waals surface area contributed by atoms with E-state index in [9.17, 15) is 14.4 Å². The van der Waals surface area contributed by atoms with Crippen molar-refractivity contribution in [2.45, 2.75) is 341 Å². The first kappa shape index (κ1) is 67.6. The Hall–Kier alpha value is -2.37. The zero-order valence-corrected chi connectivity index (χ0v) is 47.1. The van der Waals surface area contributed by atoms with Gasteiger partial charge >= 0.3 is 17.9 Å². The van der Waals surface area contributed by atoms with Gasteiger partial charge in [-0.3, -0.25) is 14.4 Å². The molecular weight excluding hydrogens is 865 g/mol. The smallest absolute Gasteiger partial charge is 0.306 e. The molecule has 0 aromatic heterocycles. The molecule has 70 heavy (non-hydrogen) atoms. The molecule has 1 atom stereocenters. The van der Waals surface area contributed by atoms with Crippen molar-refractivity contribution in [1.29, 1.82) is 0 Å². The zero-order chi connectivity index (χ0) is 50.7. The molecule has 0 fully saturated rings. The third kappa shape index (κ3) is 56.5. The zero-order valence-electron chi connectivity index (χ0n) is 47.1. The van der Waals surface area contributed by atoms with E-state index in [1.807, 2.05) is 0 Å². The van der Waals surface area contributed by atoms with E-state index in [4.69, 9.17) is 14.2 Å². The molecule has 0 unspecified atom stereocenters. The van der Waals surface area contributed by atoms with Crippen LogP contribution in [-0.4, -0.2) is 37.2 Å². The Bertz CT molecular complexity index is 1170. The van der Waals surface area contributed by atoms with Crippen molar-refractivity contribution in [2.24, 2.45) is 0 Å². The molecular formula is C64H118O6. The maximum atomic E-state index is 12.9. The molecule has 0 aromatic carbocycles. The molecule has 0 aromatic rings. The number of carbonyl (C=O) groups excluding carboxylic acids is 3. The second kappa shape index (κ2) is 59.2. The van der Waals surface area contributed by atoms with Gasteiger partial charge in [0.05, 0.1) is 0 Å². The van der Waals surface area contributed by atoms with E-state index in [0.29, 0.717) is 19.3 Å². The number of unbranched alkanes of at least 4 members (excludes halogenated alkanes) is 40. The van der Waals surface area contributed by atoms with Crippen LogP contribution in [0.15, 0.2) is 36.5 Å². The van der Waals surface area contributed by atoms with Crippen molar-refractivity contribution in [2.75, 3.05) is 13.2 Å². The van der Waals surface area contributed by atoms with Crippen LogP contribution in [0.1, 0.15) is 335 Å². The Labute approximate surface area is 435 Å². The molecule has 0 N–H and O–H groups in total. The highest BCUT2D eigenvalue weighted by Gasteiger charge is 2.19. The van der Waals surface area contributed by atoms with E-state index < -0.39 is 6.10 Å². The minimum Gasteiger partial charge on any atom is -0.462 e. The summed E-state index contributed by atoms with van der Waals surface area (Å²) < 4.78 is 16.9. The first-order chi connectivity index (χ1) is 34.5. The Balaban J connectivity index is 4.32. The summed E-state index contributed by atoms with van der Waals surface area (Å²) >= 11 is 0. The van der Waals surface area contributed by atoms with Crippen LogP contribution in [0, 0.1) is 0 Å². The van der Waals surface area contributed by atoms with Gasteiger partial charge in [-0.05, 0) is 51.4 Å². The molecule has 0 spiro atoms. The largest absolute Gasteiger partial charge is 0.462 e. The lowest BCUT2D eigenvalue weighted by atomic mass is 10.0. The third-order valence-corrected chi connectivity index (χ3v) is 13.9. The van der Waals surface area contributed by atoms with Crippen LogP contribution < -0.4 is 0 Å². The first-order valence-electron chi connectivity index (χ1n) is 31.0. The van der Waals surface area contributed by atoms with E-state index in [-0.39, 0.29) is 31.1 Å². The van der Waals surface area contributed by atoms with Crippen LogP contribution in [0.25, 0.3) is 0 Å². The summed E-state index contributed by atoms with van der Waals surface area (Å²) in [6, 6.07) is 0. The summed E-state index contributed by atoms with van der Waals surface area (Å²) in [5, 5.41) is 0. The van der Waals surface area contributed by atoms with Crippen molar-refractivity contribution in [3.63, 3.8) is 0 Å². The van der Waals surface area contributed by atoms with Crippen LogP contribution in [-0.2, 0) is 28.6 Å². The standard InChI is InChI=1S/C64H118O6/c1-4-7-10-13-16-19-22-25-28-30-32-34-36-39-42-45-48-51-54-57-63(66)69-60-61(59-68-62(65)56-53-50-47-44-41-38-35-27-24-21-18-15-12-9-6-3)70-64(67)58-55-52-49-46-43-40-37-33-31-29-26-23-20-17-14-11-8-5-2/h9,12,18,21,27,35,61H,4-8,10-11,13-17,19-20,22-26,28-34,36-60H2,1-3H3/b12-9-,21-18-,35-27-/t61-/m1/s1. The second-order valence-corrected chi connectivity index (χ2v) is 21.0. The average molecular weight is 984 g/mol. The normalized spacial score (nSPS) is 12.2. The molecule has 0 amide bonds. The number of esters is 3. The summed E-state index contributed by atoms with van der Waals surface area (Å²) in [5.74, 6) is -0.865. The summed E-state index contributed by atoms with van der Waals surface area (Å²) in [6.45, 7) is 6.58. The number of ether oxygens (including phenoxy) is 3. The number of carbonyl (C=O) groups is 3. The molecule has 0 radical (unpaired) electrons. The summed E-state index contributed by atoms with van der Waals surface area (Å²) in [4.78, 5) is 38.3. The lowest BCUT2D eigenvalue weighted by molar-refractivity contribution is -0.167. The Kier molecular flexibility index (Phi) is 57.2. The molecule has 6 heteroatoms. The second-order valence-electron chi connectivity index (χ2n) is 21.0. The molecule has 0 bridgehead atoms. The topological polar surface area (TPSA) is 78.9 Å². The van der Waals surface area contributed by atoms with Crippen LogP contribution in [0.2, 0.25) is 0 Å². The van der Waals surface area contributed by atoms with E-state index >= 15 is 0 Å². The van der Waals surface area contributed by atoms with Crippen LogP contribution in [0.3, 0.4) is 0 Å². The van der Waals surface area contributed by atoms with E-state index in [0.717, 1.165) is 96.3 Å². The van der Waals surface area contributed by atoms with E-state index in [1.165, 1.54) is 199 Å². The SMILES string of the molecule is CC/C=C\C/C=C\C/C=C\CCCCCCCC(=O)OC[C@H](COC(=O)CCCCCCCCCCCCCCCCCCCCC)OC(=O)CCCCCCCCCCCCCCCCCCCC. The number of rotatable bonds is 57. The summed E-state index contributed by atoms with van der Waals surface area (Å²) in [6.07, 6.45) is 71.4. The van der Waals surface area contributed by atoms with Crippen LogP contribution >= 0.6 is 0 Å². The molecule has 410 valence electrons. The van der Waals surface area contributed by atoms with Gasteiger partial charge in [-0.25, -0.2) is 0 Å². The Morgan fingerprint density at radius 3 is 0.871 bits per heavy atom. The minimum atomic E-state index is -0.775. The van der Waals surface area contributed by atoms with Crippen LogP contribution in [0.4, 0.5) is 0 Å². The first-order valence-corrected chi connectivity index (χ1v) is 31.0. The van der Waals surface area contributed by atoms with Crippen LogP contribution in [0.5, 0.6) is 0 Å². The van der Waals surface area contributed by atoms with E-state index in [1.54, 1.807) is 0 Å². The van der Waals surface area contributed by atoms with Gasteiger partial charge in [-0.1, -0.05) is 301 Å². The fourth-order valence-corrected chi connectivity index (χ4v) is 9.28. The molecule has 0 aliphatic carbocycles. The highest BCUT2D eigenvalue weighted by Crippen LogP contribution is 2.18. The van der Waals surface area contributed by atoms with Gasteiger partial charge in [0.1, 0.15) is 13.2 Å². The predicted octanol–water partition coefficient (Wildman–Crippen LogP) is 20.8. The lowest BCUT2D eigenvalue weighted by Crippen LogP contribution is -2.30. The lowest BCUT2D eigenvalue weighted by Gasteiger charge is -2.18. The van der Waals surface area contributed by atoms with Gasteiger partial charge in [0.2, 0.25) is 0 Å². The molecule has 0 aliphatic rings. The minimum absolute atomic E-state index is 0.0723. The third-order valence-electron chi connectivity index (χ3n) is 13.9. The molecule has 0 heterocycles. The quantitative estimate of drug-likeness (QED) is 0.0261. The summed E-state index contributed by atoms with van der Waals surface area (Å²) in [5.41, 5.74) is 0. The van der Waals surface area contributed by atoms with Crippen molar-refractivity contribution in [3.8, 4) is 0 Å². The number of allylic oxidation sites excluding steroid dienone is 6.